The van der Waals surface area contributed by atoms with Crippen molar-refractivity contribution in [3.63, 3.8) is 0 Å². The SMILES string of the molecule is CS(=O)c1ccc2c(c1)CCO2.Cc1cc(N2CC[C@@H](C)C2)ccc1CN. The summed E-state index contributed by atoms with van der Waals surface area (Å²) >= 11 is 0. The molecule has 2 aliphatic rings. The van der Waals surface area contributed by atoms with Gasteiger partial charge >= 0.3 is 0 Å². The molecule has 4 nitrogen and oxygen atoms in total. The van der Waals surface area contributed by atoms with Crippen LogP contribution in [-0.4, -0.2) is 30.2 Å². The van der Waals surface area contributed by atoms with E-state index in [-0.39, 0.29) is 0 Å². The second-order valence-corrected chi connectivity index (χ2v) is 8.86. The van der Waals surface area contributed by atoms with Crippen molar-refractivity contribution in [2.45, 2.75) is 38.1 Å². The maximum Gasteiger partial charge on any atom is 0.122 e. The summed E-state index contributed by atoms with van der Waals surface area (Å²) in [7, 11) is -0.877. The van der Waals surface area contributed by atoms with Crippen LogP contribution in [0.4, 0.5) is 5.69 Å². The van der Waals surface area contributed by atoms with E-state index in [4.69, 9.17) is 10.5 Å². The van der Waals surface area contributed by atoms with Crippen LogP contribution in [0.25, 0.3) is 0 Å². The molecule has 0 saturated carbocycles. The first-order chi connectivity index (χ1) is 13.0. The predicted molar refractivity (Wildman–Crippen MR) is 113 cm³/mol. The molecule has 2 aromatic rings. The summed E-state index contributed by atoms with van der Waals surface area (Å²) in [6.45, 7) is 8.26. The first-order valence-electron chi connectivity index (χ1n) is 9.61. The highest BCUT2D eigenvalue weighted by Gasteiger charge is 2.19. The molecular formula is C22H30N2O2S. The second-order valence-electron chi connectivity index (χ2n) is 7.48. The van der Waals surface area contributed by atoms with Gasteiger partial charge in [0.2, 0.25) is 0 Å². The van der Waals surface area contributed by atoms with Gasteiger partial charge in [0.05, 0.1) is 6.61 Å². The molecule has 0 aromatic heterocycles. The standard InChI is InChI=1S/C13H20N2.C9H10O2S/c1-10-5-6-15(9-10)13-4-3-12(8-14)11(2)7-13;1-12(10)8-2-3-9-7(6-8)4-5-11-9/h3-4,7,10H,5-6,8-9,14H2,1-2H3;2-3,6H,4-5H2,1H3/t10-;/m1./s1. The summed E-state index contributed by atoms with van der Waals surface area (Å²) in [6, 6.07) is 12.4. The van der Waals surface area contributed by atoms with Crippen LogP contribution in [0.5, 0.6) is 5.75 Å². The molecule has 0 radical (unpaired) electrons. The fourth-order valence-corrected chi connectivity index (χ4v) is 4.18. The van der Waals surface area contributed by atoms with Crippen LogP contribution in [0, 0.1) is 12.8 Å². The topological polar surface area (TPSA) is 55.6 Å². The van der Waals surface area contributed by atoms with Gasteiger partial charge in [-0.3, -0.25) is 4.21 Å². The fraction of sp³-hybridized carbons (Fsp3) is 0.455. The molecule has 1 unspecified atom stereocenters. The van der Waals surface area contributed by atoms with Crippen molar-refractivity contribution in [3.05, 3.63) is 53.1 Å². The number of benzene rings is 2. The molecule has 4 rings (SSSR count). The van der Waals surface area contributed by atoms with Gasteiger partial charge in [-0.25, -0.2) is 0 Å². The second kappa shape index (κ2) is 8.89. The van der Waals surface area contributed by atoms with Crippen LogP contribution in [0.15, 0.2) is 41.3 Å². The van der Waals surface area contributed by atoms with E-state index in [9.17, 15) is 4.21 Å². The van der Waals surface area contributed by atoms with E-state index in [0.29, 0.717) is 6.54 Å². The van der Waals surface area contributed by atoms with E-state index in [1.165, 1.54) is 41.9 Å². The maximum atomic E-state index is 11.1. The van der Waals surface area contributed by atoms with E-state index in [2.05, 4.69) is 36.9 Å². The first-order valence-corrected chi connectivity index (χ1v) is 11.2. The molecular weight excluding hydrogens is 356 g/mol. The fourth-order valence-electron chi connectivity index (χ4n) is 3.62. The number of rotatable bonds is 3. The monoisotopic (exact) mass is 386 g/mol. The number of nitrogens with two attached hydrogens (primary N) is 1. The Morgan fingerprint density at radius 3 is 2.70 bits per heavy atom. The lowest BCUT2D eigenvalue weighted by Gasteiger charge is -2.19. The third kappa shape index (κ3) is 4.90. The van der Waals surface area contributed by atoms with E-state index in [1.807, 2.05) is 18.2 Å². The summed E-state index contributed by atoms with van der Waals surface area (Å²) in [5.74, 6) is 1.78. The van der Waals surface area contributed by atoms with Gasteiger partial charge in [0.25, 0.3) is 0 Å². The van der Waals surface area contributed by atoms with Crippen molar-refractivity contribution in [3.8, 4) is 5.75 Å². The lowest BCUT2D eigenvalue weighted by atomic mass is 10.1. The highest BCUT2D eigenvalue weighted by atomic mass is 32.2. The molecule has 0 aliphatic carbocycles. The van der Waals surface area contributed by atoms with E-state index >= 15 is 0 Å². The summed E-state index contributed by atoms with van der Waals surface area (Å²) in [5.41, 5.74) is 10.8. The molecule has 2 aliphatic heterocycles. The Bertz CT molecular complexity index is 822. The van der Waals surface area contributed by atoms with Gasteiger partial charge in [0.1, 0.15) is 5.75 Å². The summed E-state index contributed by atoms with van der Waals surface area (Å²) in [5, 5.41) is 0. The Kier molecular flexibility index (Phi) is 6.55. The Hall–Kier alpha value is -1.85. The molecule has 0 bridgehead atoms. The van der Waals surface area contributed by atoms with Crippen molar-refractivity contribution in [2.75, 3.05) is 30.9 Å². The zero-order valence-electron chi connectivity index (χ0n) is 16.5. The van der Waals surface area contributed by atoms with Gasteiger partial charge in [-0.2, -0.15) is 0 Å². The molecule has 1 saturated heterocycles. The minimum Gasteiger partial charge on any atom is -0.493 e. The van der Waals surface area contributed by atoms with Crippen molar-refractivity contribution in [1.82, 2.24) is 0 Å². The number of hydrogen-bond acceptors (Lipinski definition) is 4. The molecule has 2 atom stereocenters. The van der Waals surface area contributed by atoms with E-state index < -0.39 is 10.8 Å². The largest absolute Gasteiger partial charge is 0.493 e. The number of fused-ring (bicyclic) bond motifs is 1. The number of hydrogen-bond donors (Lipinski definition) is 1. The Morgan fingerprint density at radius 2 is 2.07 bits per heavy atom. The Balaban J connectivity index is 0.000000159. The van der Waals surface area contributed by atoms with Gasteiger partial charge in [-0.05, 0) is 66.3 Å². The van der Waals surface area contributed by atoms with Crippen LogP contribution in [0.2, 0.25) is 0 Å². The minimum absolute atomic E-state index is 0.641. The van der Waals surface area contributed by atoms with Crippen LogP contribution >= 0.6 is 0 Å². The number of ether oxygens (including phenoxy) is 1. The highest BCUT2D eigenvalue weighted by molar-refractivity contribution is 7.84. The summed E-state index contributed by atoms with van der Waals surface area (Å²) in [4.78, 5) is 3.36. The van der Waals surface area contributed by atoms with Crippen LogP contribution in [0.3, 0.4) is 0 Å². The van der Waals surface area contributed by atoms with Crippen LogP contribution in [0.1, 0.15) is 30.0 Å². The Labute approximate surface area is 165 Å². The average Bonchev–Trinajstić information content (AvgIpc) is 3.30. The molecule has 27 heavy (non-hydrogen) atoms. The third-order valence-corrected chi connectivity index (χ3v) is 6.25. The summed E-state index contributed by atoms with van der Waals surface area (Å²) in [6.07, 6.45) is 3.95. The maximum absolute atomic E-state index is 11.1. The number of anilines is 1. The predicted octanol–water partition coefficient (Wildman–Crippen LogP) is 3.66. The molecule has 2 aromatic carbocycles. The van der Waals surface area contributed by atoms with Gasteiger partial charge in [-0.1, -0.05) is 13.0 Å². The smallest absolute Gasteiger partial charge is 0.122 e. The Morgan fingerprint density at radius 1 is 1.26 bits per heavy atom. The van der Waals surface area contributed by atoms with Crippen molar-refractivity contribution >= 4 is 16.5 Å². The van der Waals surface area contributed by atoms with Gasteiger partial charge in [-0.15, -0.1) is 0 Å². The molecule has 146 valence electrons. The van der Waals surface area contributed by atoms with E-state index in [1.54, 1.807) is 6.26 Å². The number of aryl methyl sites for hydroxylation is 1. The van der Waals surface area contributed by atoms with Crippen LogP contribution < -0.4 is 15.4 Å². The van der Waals surface area contributed by atoms with Crippen molar-refractivity contribution in [2.24, 2.45) is 11.7 Å². The lowest BCUT2D eigenvalue weighted by Crippen LogP contribution is -2.19. The van der Waals surface area contributed by atoms with Gasteiger partial charge < -0.3 is 15.4 Å². The molecule has 2 N–H and O–H groups in total. The lowest BCUT2D eigenvalue weighted by molar-refractivity contribution is 0.356. The quantitative estimate of drug-likeness (QED) is 0.875. The zero-order chi connectivity index (χ0) is 19.4. The highest BCUT2D eigenvalue weighted by Crippen LogP contribution is 2.27. The molecule has 0 amide bonds. The van der Waals surface area contributed by atoms with Crippen molar-refractivity contribution < 1.29 is 8.95 Å². The van der Waals surface area contributed by atoms with Gasteiger partial charge in [0, 0.05) is 53.7 Å². The molecule has 0 spiro atoms. The molecule has 2 heterocycles. The normalized spacial score (nSPS) is 19.1. The zero-order valence-corrected chi connectivity index (χ0v) is 17.3. The third-order valence-electron chi connectivity index (χ3n) is 5.33. The summed E-state index contributed by atoms with van der Waals surface area (Å²) < 4.78 is 16.4. The average molecular weight is 387 g/mol. The van der Waals surface area contributed by atoms with Crippen molar-refractivity contribution in [1.29, 1.82) is 0 Å². The molecule has 1 fully saturated rings. The first kappa shape index (κ1) is 19.9. The molecule has 5 heteroatoms. The minimum atomic E-state index is -0.877. The van der Waals surface area contributed by atoms with E-state index in [0.717, 1.165) is 29.6 Å². The number of nitrogens with zero attached hydrogens (tertiary/aromatic N) is 1. The van der Waals surface area contributed by atoms with Gasteiger partial charge in [0.15, 0.2) is 0 Å². The van der Waals surface area contributed by atoms with Crippen LogP contribution in [-0.2, 0) is 23.8 Å².